The molecular formula is C52H32N2S. The summed E-state index contributed by atoms with van der Waals surface area (Å²) >= 11 is 1.88. The zero-order valence-corrected chi connectivity index (χ0v) is 30.6. The summed E-state index contributed by atoms with van der Waals surface area (Å²) in [7, 11) is 0. The molecule has 0 fully saturated rings. The van der Waals surface area contributed by atoms with E-state index in [1.54, 1.807) is 0 Å². The number of hydrogen-bond acceptors (Lipinski definition) is 1. The number of hydrogen-bond donors (Lipinski definition) is 0. The molecule has 0 aliphatic rings. The zero-order chi connectivity index (χ0) is 36.0. The van der Waals surface area contributed by atoms with Gasteiger partial charge < -0.3 is 9.13 Å². The Morgan fingerprint density at radius 1 is 0.327 bits per heavy atom. The summed E-state index contributed by atoms with van der Waals surface area (Å²) in [5, 5.41) is 10.2. The summed E-state index contributed by atoms with van der Waals surface area (Å²) in [4.78, 5) is 0. The van der Waals surface area contributed by atoms with Gasteiger partial charge in [0.25, 0.3) is 0 Å². The Labute approximate surface area is 321 Å². The highest BCUT2D eigenvalue weighted by Crippen LogP contribution is 2.43. The Kier molecular flexibility index (Phi) is 6.54. The van der Waals surface area contributed by atoms with Crippen LogP contribution in [-0.2, 0) is 0 Å². The highest BCUT2D eigenvalue weighted by molar-refractivity contribution is 7.26. The molecule has 12 rings (SSSR count). The average Bonchev–Trinajstić information content (AvgIpc) is 3.91. The van der Waals surface area contributed by atoms with E-state index in [0.717, 1.165) is 0 Å². The molecule has 0 atom stereocenters. The molecule has 3 aromatic heterocycles. The maximum atomic E-state index is 2.47. The van der Waals surface area contributed by atoms with Crippen LogP contribution in [0, 0.1) is 0 Å². The van der Waals surface area contributed by atoms with Gasteiger partial charge in [0.1, 0.15) is 0 Å². The van der Waals surface area contributed by atoms with Crippen molar-refractivity contribution in [2.75, 3.05) is 0 Å². The van der Waals surface area contributed by atoms with Crippen molar-refractivity contribution in [2.45, 2.75) is 0 Å². The molecule has 0 N–H and O–H groups in total. The fourth-order valence-corrected chi connectivity index (χ4v) is 10.2. The van der Waals surface area contributed by atoms with E-state index < -0.39 is 0 Å². The molecule has 0 bridgehead atoms. The highest BCUT2D eigenvalue weighted by atomic mass is 32.1. The molecule has 0 amide bonds. The van der Waals surface area contributed by atoms with E-state index in [-0.39, 0.29) is 0 Å². The summed E-state index contributed by atoms with van der Waals surface area (Å²) < 4.78 is 7.55. The van der Waals surface area contributed by atoms with Crippen molar-refractivity contribution >= 4 is 85.9 Å². The molecule has 0 aliphatic heterocycles. The number of thiophene rings is 1. The van der Waals surface area contributed by atoms with Crippen LogP contribution in [0.15, 0.2) is 194 Å². The van der Waals surface area contributed by atoms with Crippen LogP contribution in [0.3, 0.4) is 0 Å². The smallest absolute Gasteiger partial charge is 0.0640 e. The van der Waals surface area contributed by atoms with Crippen LogP contribution in [0.5, 0.6) is 0 Å². The first-order valence-corrected chi connectivity index (χ1v) is 19.7. The largest absolute Gasteiger partial charge is 0.309 e. The molecule has 0 spiro atoms. The average molecular weight is 717 g/mol. The van der Waals surface area contributed by atoms with Crippen molar-refractivity contribution in [1.29, 1.82) is 0 Å². The SMILES string of the molecule is c1ccc(-c2cc(-n3c4ccccc4c4cc(-c5ccc6c(c5)c5ccccc5n6-c5cccc6c5sc5ccccc56)ccc43)cc3ccccc23)cc1. The first-order valence-electron chi connectivity index (χ1n) is 18.8. The second kappa shape index (κ2) is 11.8. The number of rotatable bonds is 4. The number of nitrogens with zero attached hydrogens (tertiary/aromatic N) is 2. The van der Waals surface area contributed by atoms with Gasteiger partial charge in [0.2, 0.25) is 0 Å². The van der Waals surface area contributed by atoms with E-state index in [1.165, 1.54) is 108 Å². The summed E-state index contributed by atoms with van der Waals surface area (Å²) in [5.41, 5.74) is 12.1. The van der Waals surface area contributed by atoms with Gasteiger partial charge in [-0.2, -0.15) is 0 Å². The molecule has 0 aliphatic carbocycles. The Hall–Kier alpha value is -6.94. The molecule has 2 nitrogen and oxygen atoms in total. The fraction of sp³-hybridized carbons (Fsp3) is 0. The number of para-hydroxylation sites is 2. The minimum Gasteiger partial charge on any atom is -0.309 e. The molecule has 9 aromatic carbocycles. The number of aromatic nitrogens is 2. The first kappa shape index (κ1) is 30.5. The van der Waals surface area contributed by atoms with Crippen LogP contribution in [-0.4, -0.2) is 9.13 Å². The van der Waals surface area contributed by atoms with E-state index in [9.17, 15) is 0 Å². The molecule has 55 heavy (non-hydrogen) atoms. The Bertz CT molecular complexity index is 3490. The lowest BCUT2D eigenvalue weighted by Crippen LogP contribution is -1.95. The second-order valence-electron chi connectivity index (χ2n) is 14.5. The zero-order valence-electron chi connectivity index (χ0n) is 29.8. The molecular weight excluding hydrogens is 685 g/mol. The predicted octanol–water partition coefficient (Wildman–Crippen LogP) is 14.7. The lowest BCUT2D eigenvalue weighted by Gasteiger charge is -2.14. The third-order valence-electron chi connectivity index (χ3n) is 11.5. The van der Waals surface area contributed by atoms with Crippen molar-refractivity contribution in [1.82, 2.24) is 9.13 Å². The Morgan fingerprint density at radius 3 is 1.64 bits per heavy atom. The minimum atomic E-state index is 1.17. The van der Waals surface area contributed by atoms with E-state index in [4.69, 9.17) is 0 Å². The molecule has 0 radical (unpaired) electrons. The van der Waals surface area contributed by atoms with Gasteiger partial charge in [-0.15, -0.1) is 11.3 Å². The van der Waals surface area contributed by atoms with Crippen LogP contribution in [0.2, 0.25) is 0 Å². The van der Waals surface area contributed by atoms with Crippen LogP contribution in [0.1, 0.15) is 0 Å². The van der Waals surface area contributed by atoms with Crippen LogP contribution >= 0.6 is 11.3 Å². The highest BCUT2D eigenvalue weighted by Gasteiger charge is 2.19. The van der Waals surface area contributed by atoms with Gasteiger partial charge in [0.15, 0.2) is 0 Å². The van der Waals surface area contributed by atoms with Crippen molar-refractivity contribution in [3.63, 3.8) is 0 Å². The summed E-state index contributed by atoms with van der Waals surface area (Å²) in [6.45, 7) is 0. The number of benzene rings is 9. The maximum absolute atomic E-state index is 2.47. The van der Waals surface area contributed by atoms with Gasteiger partial charge in [0, 0.05) is 42.7 Å². The fourth-order valence-electron chi connectivity index (χ4n) is 9.03. The lowest BCUT2D eigenvalue weighted by atomic mass is 9.97. The molecule has 3 heteroatoms. The third-order valence-corrected chi connectivity index (χ3v) is 12.7. The quantitative estimate of drug-likeness (QED) is 0.172. The van der Waals surface area contributed by atoms with Crippen molar-refractivity contribution < 1.29 is 0 Å². The van der Waals surface area contributed by atoms with Gasteiger partial charge in [-0.25, -0.2) is 0 Å². The number of fused-ring (bicyclic) bond motifs is 10. The maximum Gasteiger partial charge on any atom is 0.0640 e. The van der Waals surface area contributed by atoms with Crippen LogP contribution < -0.4 is 0 Å². The van der Waals surface area contributed by atoms with E-state index in [0.29, 0.717) is 0 Å². The van der Waals surface area contributed by atoms with E-state index >= 15 is 0 Å². The first-order chi connectivity index (χ1) is 27.3. The molecule has 256 valence electrons. The molecule has 0 saturated carbocycles. The summed E-state index contributed by atoms with van der Waals surface area (Å²) in [6, 6.07) is 71.4. The van der Waals surface area contributed by atoms with E-state index in [2.05, 4.69) is 203 Å². The van der Waals surface area contributed by atoms with Crippen molar-refractivity contribution in [2.24, 2.45) is 0 Å². The van der Waals surface area contributed by atoms with Crippen LogP contribution in [0.4, 0.5) is 0 Å². The molecule has 0 saturated heterocycles. The van der Waals surface area contributed by atoms with Gasteiger partial charge >= 0.3 is 0 Å². The van der Waals surface area contributed by atoms with Crippen molar-refractivity contribution in [3.05, 3.63) is 194 Å². The second-order valence-corrected chi connectivity index (χ2v) is 15.6. The Balaban J connectivity index is 1.05. The minimum absolute atomic E-state index is 1.17. The summed E-state index contributed by atoms with van der Waals surface area (Å²) in [6.07, 6.45) is 0. The Morgan fingerprint density at radius 2 is 0.891 bits per heavy atom. The monoisotopic (exact) mass is 716 g/mol. The van der Waals surface area contributed by atoms with Crippen LogP contribution in [0.25, 0.3) is 108 Å². The lowest BCUT2D eigenvalue weighted by molar-refractivity contribution is 1.19. The van der Waals surface area contributed by atoms with Gasteiger partial charge in [0.05, 0.1) is 32.5 Å². The van der Waals surface area contributed by atoms with E-state index in [1.807, 2.05) is 11.3 Å². The topological polar surface area (TPSA) is 9.86 Å². The van der Waals surface area contributed by atoms with Crippen molar-refractivity contribution in [3.8, 4) is 33.6 Å². The summed E-state index contributed by atoms with van der Waals surface area (Å²) in [5.74, 6) is 0. The molecule has 3 heterocycles. The third kappa shape index (κ3) is 4.54. The predicted molar refractivity (Wildman–Crippen MR) is 236 cm³/mol. The standard InChI is InChI=1S/C52H32N2S/c1-2-13-33(14-3-1)43-32-37(29-36-15-4-5-16-38(36)43)53-46-21-9-6-17-39(46)44-30-34(25-27-48(44)53)35-26-28-49-45(31-35)40-18-7-10-22-47(40)54(49)50-23-12-20-42-41-19-8-11-24-51(41)55-52(42)50/h1-32H. The molecule has 12 aromatic rings. The van der Waals surface area contributed by atoms with Gasteiger partial charge in [-0.05, 0) is 93.7 Å². The normalized spacial score (nSPS) is 12.0. The van der Waals surface area contributed by atoms with Gasteiger partial charge in [-0.3, -0.25) is 0 Å². The molecule has 0 unspecified atom stereocenters. The van der Waals surface area contributed by atoms with Gasteiger partial charge in [-0.1, -0.05) is 133 Å².